The van der Waals surface area contributed by atoms with Gasteiger partial charge in [0.25, 0.3) is 17.7 Å². The van der Waals surface area contributed by atoms with Crippen LogP contribution in [0.1, 0.15) is 128 Å². The number of piperidine rings is 1. The number of halogens is 1. The number of carbonyl (C=O) groups is 5. The first-order chi connectivity index (χ1) is 29.1. The summed E-state index contributed by atoms with van der Waals surface area (Å²) in [5.74, 6) is 7.04. The van der Waals surface area contributed by atoms with E-state index in [1.807, 2.05) is 30.3 Å². The topological polar surface area (TPSA) is 149 Å². The van der Waals surface area contributed by atoms with Crippen LogP contribution < -0.4 is 20.3 Å². The molecule has 5 aliphatic rings. The summed E-state index contributed by atoms with van der Waals surface area (Å²) in [6, 6.07) is 18.9. The van der Waals surface area contributed by atoms with Gasteiger partial charge >= 0.3 is 0 Å². The van der Waals surface area contributed by atoms with E-state index < -0.39 is 23.8 Å². The molecule has 12 heteroatoms. The molecule has 61 heavy (non-hydrogen) atoms. The fraction of sp³-hybridized carbons (Fsp3) is 0.469. The summed E-state index contributed by atoms with van der Waals surface area (Å²) in [6.45, 7) is 10.2. The Bertz CT molecular complexity index is 2370. The van der Waals surface area contributed by atoms with Gasteiger partial charge in [-0.05, 0) is 98.5 Å². The maximum atomic E-state index is 13.4. The molecule has 2 N–H and O–H groups in total. The first kappa shape index (κ1) is 42.1. The predicted octanol–water partition coefficient (Wildman–Crippen LogP) is 7.69. The number of ether oxygens (including phenoxy) is 1. The summed E-state index contributed by atoms with van der Waals surface area (Å²) in [5, 5.41) is 15.1. The Hall–Kier alpha value is -5.65. The van der Waals surface area contributed by atoms with Crippen LogP contribution in [-0.2, 0) is 9.59 Å². The van der Waals surface area contributed by atoms with Gasteiger partial charge in [-0.15, -0.1) is 0 Å². The van der Waals surface area contributed by atoms with Gasteiger partial charge in [-0.2, -0.15) is 5.26 Å². The van der Waals surface area contributed by atoms with Crippen molar-refractivity contribution in [2.45, 2.75) is 104 Å². The number of anilines is 1. The number of nitrogens with zero attached hydrogens (tertiary/aromatic N) is 3. The third-order valence-corrected chi connectivity index (χ3v) is 14.1. The highest BCUT2D eigenvalue weighted by Crippen LogP contribution is 2.55. The Kier molecular flexibility index (Phi) is 11.5. The molecular weight excluding hydrogens is 790 g/mol. The molecule has 5 amide bonds. The fourth-order valence-electron chi connectivity index (χ4n) is 10.6. The molecule has 2 saturated heterocycles. The number of nitriles is 1. The van der Waals surface area contributed by atoms with Crippen LogP contribution in [0.2, 0.25) is 5.02 Å². The van der Waals surface area contributed by atoms with Crippen molar-refractivity contribution in [3.63, 3.8) is 0 Å². The number of imide groups is 2. The third-order valence-electron chi connectivity index (χ3n) is 13.8. The predicted molar refractivity (Wildman–Crippen MR) is 231 cm³/mol. The van der Waals surface area contributed by atoms with Crippen LogP contribution in [0.3, 0.4) is 0 Å². The summed E-state index contributed by atoms with van der Waals surface area (Å²) in [7, 11) is 0. The summed E-state index contributed by atoms with van der Waals surface area (Å²) >= 11 is 6.25. The minimum atomic E-state index is -0.965. The first-order valence-electron chi connectivity index (χ1n) is 21.5. The second kappa shape index (κ2) is 16.7. The SMILES string of the molecule is CC1(C)C(NC(=O)c2ccc(C#CC3CCCC(CCC4CN(c5ccc6c(c5)C(=O)N(C5CCC(=O)NC5=O)C6=O)C4)CC3)cc2)C(C)(C)C1Oc1ccc(C#N)c(Cl)c1. The highest BCUT2D eigenvalue weighted by atomic mass is 35.5. The second-order valence-corrected chi connectivity index (χ2v) is 19.2. The van der Waals surface area contributed by atoms with Crippen molar-refractivity contribution in [1.82, 2.24) is 15.5 Å². The normalized spacial score (nSPS) is 25.5. The molecule has 2 saturated carbocycles. The molecule has 2 aliphatic carbocycles. The highest BCUT2D eigenvalue weighted by Gasteiger charge is 2.64. The molecule has 3 aromatic carbocycles. The van der Waals surface area contributed by atoms with Gasteiger partial charge in [-0.3, -0.25) is 34.2 Å². The molecular formula is C49H52ClN5O6. The number of benzene rings is 3. The molecule has 3 aliphatic heterocycles. The lowest BCUT2D eigenvalue weighted by molar-refractivity contribution is -0.164. The molecule has 3 aromatic rings. The van der Waals surface area contributed by atoms with Gasteiger partial charge < -0.3 is 15.0 Å². The van der Waals surface area contributed by atoms with Crippen LogP contribution in [0, 0.1) is 51.8 Å². The molecule has 8 rings (SSSR count). The van der Waals surface area contributed by atoms with Gasteiger partial charge in [0.15, 0.2) is 0 Å². The summed E-state index contributed by atoms with van der Waals surface area (Å²) in [5.41, 5.74) is 2.71. The number of nitrogens with one attached hydrogen (secondary N) is 2. The number of rotatable bonds is 9. The maximum absolute atomic E-state index is 13.4. The van der Waals surface area contributed by atoms with Crippen molar-refractivity contribution in [1.29, 1.82) is 5.26 Å². The lowest BCUT2D eigenvalue weighted by Gasteiger charge is -2.63. The number of fused-ring (bicyclic) bond motifs is 1. The lowest BCUT2D eigenvalue weighted by atomic mass is 9.49. The number of carbonyl (C=O) groups excluding carboxylic acids is 5. The molecule has 0 spiro atoms. The number of amides is 5. The average Bonchev–Trinajstić information content (AvgIpc) is 3.32. The van der Waals surface area contributed by atoms with Crippen molar-refractivity contribution < 1.29 is 28.7 Å². The van der Waals surface area contributed by atoms with Gasteiger partial charge in [0.2, 0.25) is 11.8 Å². The minimum absolute atomic E-state index is 0.0963. The summed E-state index contributed by atoms with van der Waals surface area (Å²) in [6.07, 6.45) is 8.13. The molecule has 3 unspecified atom stereocenters. The monoisotopic (exact) mass is 841 g/mol. The zero-order valence-electron chi connectivity index (χ0n) is 35.2. The van der Waals surface area contributed by atoms with Crippen LogP contribution >= 0.6 is 11.6 Å². The van der Waals surface area contributed by atoms with Crippen molar-refractivity contribution in [3.8, 4) is 23.7 Å². The zero-order chi connectivity index (χ0) is 43.2. The van der Waals surface area contributed by atoms with Crippen molar-refractivity contribution in [2.75, 3.05) is 18.0 Å². The van der Waals surface area contributed by atoms with Gasteiger partial charge in [0.1, 0.15) is 24.0 Å². The van der Waals surface area contributed by atoms with Crippen LogP contribution in [0.5, 0.6) is 5.75 Å². The molecule has 0 aromatic heterocycles. The van der Waals surface area contributed by atoms with E-state index in [2.05, 4.69) is 61.1 Å². The van der Waals surface area contributed by atoms with E-state index in [1.165, 1.54) is 25.7 Å². The van der Waals surface area contributed by atoms with Crippen LogP contribution in [0.15, 0.2) is 60.7 Å². The average molecular weight is 842 g/mol. The van der Waals surface area contributed by atoms with E-state index in [4.69, 9.17) is 16.3 Å². The van der Waals surface area contributed by atoms with Crippen LogP contribution in [0.25, 0.3) is 0 Å². The quantitative estimate of drug-likeness (QED) is 0.127. The zero-order valence-corrected chi connectivity index (χ0v) is 35.9. The Morgan fingerprint density at radius 2 is 1.59 bits per heavy atom. The lowest BCUT2D eigenvalue weighted by Crippen LogP contribution is -2.74. The van der Waals surface area contributed by atoms with Crippen molar-refractivity contribution >= 4 is 46.8 Å². The Morgan fingerprint density at radius 3 is 2.30 bits per heavy atom. The maximum Gasteiger partial charge on any atom is 0.262 e. The molecule has 4 fully saturated rings. The van der Waals surface area contributed by atoms with E-state index in [0.717, 1.165) is 48.5 Å². The Morgan fingerprint density at radius 1 is 0.869 bits per heavy atom. The van der Waals surface area contributed by atoms with Gasteiger partial charge in [-0.25, -0.2) is 0 Å². The van der Waals surface area contributed by atoms with E-state index >= 15 is 0 Å². The molecule has 11 nitrogen and oxygen atoms in total. The molecule has 0 bridgehead atoms. The van der Waals surface area contributed by atoms with E-state index in [-0.39, 0.29) is 47.6 Å². The van der Waals surface area contributed by atoms with E-state index in [9.17, 15) is 29.2 Å². The summed E-state index contributed by atoms with van der Waals surface area (Å²) in [4.78, 5) is 67.1. The Labute approximate surface area is 362 Å². The van der Waals surface area contributed by atoms with Crippen LogP contribution in [0.4, 0.5) is 5.69 Å². The molecule has 316 valence electrons. The molecule has 0 radical (unpaired) electrons. The highest BCUT2D eigenvalue weighted by molar-refractivity contribution is 6.31. The van der Waals surface area contributed by atoms with Crippen LogP contribution in [-0.4, -0.2) is 65.7 Å². The number of hydrogen-bond acceptors (Lipinski definition) is 8. The minimum Gasteiger partial charge on any atom is -0.489 e. The van der Waals surface area contributed by atoms with E-state index in [0.29, 0.717) is 50.8 Å². The Balaban J connectivity index is 0.773. The van der Waals surface area contributed by atoms with Crippen molar-refractivity contribution in [2.24, 2.45) is 28.6 Å². The van der Waals surface area contributed by atoms with E-state index in [1.54, 1.807) is 30.3 Å². The van der Waals surface area contributed by atoms with Crippen molar-refractivity contribution in [3.05, 3.63) is 93.5 Å². The van der Waals surface area contributed by atoms with Gasteiger partial charge in [-0.1, -0.05) is 70.4 Å². The molecule has 3 heterocycles. The fourth-order valence-corrected chi connectivity index (χ4v) is 10.8. The first-order valence-corrected chi connectivity index (χ1v) is 21.9. The van der Waals surface area contributed by atoms with Gasteiger partial charge in [0.05, 0.1) is 21.7 Å². The number of hydrogen-bond donors (Lipinski definition) is 2. The largest absolute Gasteiger partial charge is 0.489 e. The summed E-state index contributed by atoms with van der Waals surface area (Å²) < 4.78 is 6.37. The second-order valence-electron chi connectivity index (χ2n) is 18.7. The smallest absolute Gasteiger partial charge is 0.262 e. The molecule has 3 atom stereocenters. The third kappa shape index (κ3) is 8.25. The van der Waals surface area contributed by atoms with Gasteiger partial charge in [0, 0.05) is 65.2 Å². The standard InChI is InChI=1S/C49H52ClN5O6/c1-48(2)46(49(3,4)47(48)61-36-20-18-34(26-51)39(50)25-36)53-42(57)33-16-14-31(15-17-33)11-10-29-6-5-7-30(9-8-29)12-13-32-27-54(28-32)35-19-21-37-38(24-35)45(60)55(44(37)59)40-22-23-41(56)52-43(40)58/h14-21,24-25,29-30,32,40,46-47H,5-9,12-13,22-23,27-28H2,1-4H3,(H,53,57)(H,52,56,58).